The molecule has 4 rings (SSSR count). The largest absolute Gasteiger partial charge is 0.374 e. The van der Waals surface area contributed by atoms with E-state index < -0.39 is 0 Å². The number of likely N-dealkylation sites (tertiary alicyclic amines) is 1. The van der Waals surface area contributed by atoms with E-state index in [0.29, 0.717) is 12.1 Å². The van der Waals surface area contributed by atoms with Gasteiger partial charge in [0.2, 0.25) is 0 Å². The Morgan fingerprint density at radius 1 is 1.15 bits per heavy atom. The number of nitrogens with two attached hydrogens (primary N) is 1. The van der Waals surface area contributed by atoms with Crippen molar-refractivity contribution in [1.82, 2.24) is 4.90 Å². The molecule has 2 heterocycles. The van der Waals surface area contributed by atoms with Crippen LogP contribution in [-0.2, 0) is 6.42 Å². The summed E-state index contributed by atoms with van der Waals surface area (Å²) in [6.07, 6.45) is 6.37. The van der Waals surface area contributed by atoms with Crippen molar-refractivity contribution < 1.29 is 0 Å². The summed E-state index contributed by atoms with van der Waals surface area (Å²) >= 11 is 0. The highest BCUT2D eigenvalue weighted by atomic mass is 15.2. The van der Waals surface area contributed by atoms with Gasteiger partial charge in [-0.1, -0.05) is 12.1 Å². The predicted octanol–water partition coefficient (Wildman–Crippen LogP) is 2.31. The molecular formula is C17H25N3. The van der Waals surface area contributed by atoms with Crippen molar-refractivity contribution in [3.05, 3.63) is 29.3 Å². The first-order valence-corrected chi connectivity index (χ1v) is 8.09. The van der Waals surface area contributed by atoms with Gasteiger partial charge in [0.25, 0.3) is 0 Å². The van der Waals surface area contributed by atoms with E-state index in [-0.39, 0.29) is 0 Å². The molecule has 2 N–H and O–H groups in total. The zero-order valence-electron chi connectivity index (χ0n) is 12.4. The van der Waals surface area contributed by atoms with Gasteiger partial charge < -0.3 is 10.6 Å². The first kappa shape index (κ1) is 12.7. The molecule has 0 radical (unpaired) electrons. The number of hydrogen-bond donors (Lipinski definition) is 1. The summed E-state index contributed by atoms with van der Waals surface area (Å²) in [6, 6.07) is 8.64. The van der Waals surface area contributed by atoms with E-state index in [0.717, 1.165) is 12.6 Å². The Morgan fingerprint density at radius 2 is 2.00 bits per heavy atom. The van der Waals surface area contributed by atoms with Crippen molar-refractivity contribution in [2.24, 2.45) is 5.73 Å². The molecule has 1 aromatic carbocycles. The summed E-state index contributed by atoms with van der Waals surface area (Å²) in [5.41, 5.74) is 10.9. The van der Waals surface area contributed by atoms with E-state index in [1.807, 2.05) is 0 Å². The summed E-state index contributed by atoms with van der Waals surface area (Å²) in [7, 11) is 2.19. The van der Waals surface area contributed by atoms with Crippen LogP contribution in [0.3, 0.4) is 0 Å². The number of likely N-dealkylation sites (N-methyl/N-ethyl adjacent to an activating group) is 1. The molecule has 3 nitrogen and oxygen atoms in total. The molecule has 2 atom stereocenters. The maximum atomic E-state index is 6.49. The molecule has 2 unspecified atom stereocenters. The van der Waals surface area contributed by atoms with Crippen molar-refractivity contribution in [1.29, 1.82) is 0 Å². The summed E-state index contributed by atoms with van der Waals surface area (Å²) in [5, 5.41) is 0. The first-order valence-electron chi connectivity index (χ1n) is 8.09. The summed E-state index contributed by atoms with van der Waals surface area (Å²) in [5.74, 6) is 0. The highest BCUT2D eigenvalue weighted by Gasteiger charge is 2.39. The Balaban J connectivity index is 1.67. The SMILES string of the molecule is CN1CCc2cc(C3C(N)CCCN3C3CC3)ccc21. The molecule has 20 heavy (non-hydrogen) atoms. The quantitative estimate of drug-likeness (QED) is 0.896. The van der Waals surface area contributed by atoms with Gasteiger partial charge in [-0.05, 0) is 55.8 Å². The Labute approximate surface area is 121 Å². The lowest BCUT2D eigenvalue weighted by molar-refractivity contribution is 0.120. The average Bonchev–Trinajstić information content (AvgIpc) is 3.23. The Bertz CT molecular complexity index is 509. The van der Waals surface area contributed by atoms with Gasteiger partial charge in [-0.25, -0.2) is 0 Å². The maximum Gasteiger partial charge on any atom is 0.0502 e. The third-order valence-corrected chi connectivity index (χ3v) is 5.31. The molecule has 1 aliphatic carbocycles. The normalized spacial score (nSPS) is 30.6. The summed E-state index contributed by atoms with van der Waals surface area (Å²) in [4.78, 5) is 5.05. The van der Waals surface area contributed by atoms with Gasteiger partial charge >= 0.3 is 0 Å². The topological polar surface area (TPSA) is 32.5 Å². The van der Waals surface area contributed by atoms with Gasteiger partial charge in [-0.3, -0.25) is 4.90 Å². The fourth-order valence-corrected chi connectivity index (χ4v) is 4.08. The molecule has 0 aromatic heterocycles. The smallest absolute Gasteiger partial charge is 0.0502 e. The molecule has 108 valence electrons. The minimum Gasteiger partial charge on any atom is -0.374 e. The van der Waals surface area contributed by atoms with Gasteiger partial charge in [-0.2, -0.15) is 0 Å². The second-order valence-corrected chi connectivity index (χ2v) is 6.78. The second kappa shape index (κ2) is 4.74. The van der Waals surface area contributed by atoms with Gasteiger partial charge in [0.05, 0.1) is 6.04 Å². The van der Waals surface area contributed by atoms with E-state index in [9.17, 15) is 0 Å². The zero-order valence-corrected chi connectivity index (χ0v) is 12.4. The third kappa shape index (κ3) is 2.04. The number of hydrogen-bond acceptors (Lipinski definition) is 3. The predicted molar refractivity (Wildman–Crippen MR) is 83.1 cm³/mol. The molecule has 1 saturated carbocycles. The van der Waals surface area contributed by atoms with Crippen LogP contribution < -0.4 is 10.6 Å². The first-order chi connectivity index (χ1) is 9.74. The number of fused-ring (bicyclic) bond motifs is 1. The van der Waals surface area contributed by atoms with Crippen molar-refractivity contribution in [3.8, 4) is 0 Å². The lowest BCUT2D eigenvalue weighted by atomic mass is 9.89. The maximum absolute atomic E-state index is 6.49. The van der Waals surface area contributed by atoms with E-state index in [1.165, 1.54) is 55.5 Å². The van der Waals surface area contributed by atoms with E-state index >= 15 is 0 Å². The second-order valence-electron chi connectivity index (χ2n) is 6.78. The third-order valence-electron chi connectivity index (χ3n) is 5.31. The summed E-state index contributed by atoms with van der Waals surface area (Å²) < 4.78 is 0. The highest BCUT2D eigenvalue weighted by Crippen LogP contribution is 2.40. The van der Waals surface area contributed by atoms with Crippen LogP contribution in [0.5, 0.6) is 0 Å². The van der Waals surface area contributed by atoms with Crippen LogP contribution in [0.4, 0.5) is 5.69 Å². The molecular weight excluding hydrogens is 246 g/mol. The fourth-order valence-electron chi connectivity index (χ4n) is 4.08. The van der Waals surface area contributed by atoms with Crippen LogP contribution >= 0.6 is 0 Å². The Hall–Kier alpha value is -1.06. The lowest BCUT2D eigenvalue weighted by Gasteiger charge is -2.40. The van der Waals surface area contributed by atoms with E-state index in [4.69, 9.17) is 5.73 Å². The van der Waals surface area contributed by atoms with E-state index in [2.05, 4.69) is 35.0 Å². The van der Waals surface area contributed by atoms with Crippen LogP contribution in [0.15, 0.2) is 18.2 Å². The minimum atomic E-state index is 0.307. The van der Waals surface area contributed by atoms with Crippen molar-refractivity contribution in [2.45, 2.75) is 50.2 Å². The molecule has 1 aromatic rings. The molecule has 3 aliphatic rings. The monoisotopic (exact) mass is 271 g/mol. The molecule has 0 amide bonds. The number of benzene rings is 1. The number of rotatable bonds is 2. The summed E-state index contributed by atoms with van der Waals surface area (Å²) in [6.45, 7) is 2.39. The van der Waals surface area contributed by atoms with Gasteiger partial charge in [0, 0.05) is 31.4 Å². The molecule has 3 heteroatoms. The fraction of sp³-hybridized carbons (Fsp3) is 0.647. The van der Waals surface area contributed by atoms with Gasteiger partial charge in [-0.15, -0.1) is 0 Å². The van der Waals surface area contributed by atoms with Crippen LogP contribution in [0, 0.1) is 0 Å². The van der Waals surface area contributed by atoms with Crippen molar-refractivity contribution >= 4 is 5.69 Å². The standard InChI is InChI=1S/C17H25N3/c1-19-10-8-12-11-13(4-7-16(12)19)17-15(18)3-2-9-20(17)14-5-6-14/h4,7,11,14-15,17H,2-3,5-6,8-10,18H2,1H3. The molecule has 0 spiro atoms. The van der Waals surface area contributed by atoms with Crippen molar-refractivity contribution in [3.63, 3.8) is 0 Å². The number of piperidine rings is 1. The zero-order chi connectivity index (χ0) is 13.7. The Kier molecular flexibility index (Phi) is 3.00. The van der Waals surface area contributed by atoms with Gasteiger partial charge in [0.15, 0.2) is 0 Å². The Morgan fingerprint density at radius 3 is 2.80 bits per heavy atom. The number of anilines is 1. The molecule has 1 saturated heterocycles. The molecule has 2 fully saturated rings. The van der Waals surface area contributed by atoms with Crippen LogP contribution in [0.25, 0.3) is 0 Å². The molecule has 2 aliphatic heterocycles. The van der Waals surface area contributed by atoms with Crippen LogP contribution in [-0.4, -0.2) is 37.1 Å². The minimum absolute atomic E-state index is 0.307. The van der Waals surface area contributed by atoms with Crippen molar-refractivity contribution in [2.75, 3.05) is 25.0 Å². The molecule has 0 bridgehead atoms. The highest BCUT2D eigenvalue weighted by molar-refractivity contribution is 5.58. The average molecular weight is 271 g/mol. The van der Waals surface area contributed by atoms with Gasteiger partial charge in [0.1, 0.15) is 0 Å². The number of nitrogens with zero attached hydrogens (tertiary/aromatic N) is 2. The lowest BCUT2D eigenvalue weighted by Crippen LogP contribution is -2.46. The van der Waals surface area contributed by atoms with E-state index in [1.54, 1.807) is 0 Å². The van der Waals surface area contributed by atoms with Crippen LogP contribution in [0.1, 0.15) is 42.9 Å². The van der Waals surface area contributed by atoms with Crippen LogP contribution in [0.2, 0.25) is 0 Å².